The molecule has 0 spiro atoms. The Morgan fingerprint density at radius 3 is 2.68 bits per heavy atom. The smallest absolute Gasteiger partial charge is 0.0614 e. The maximum atomic E-state index is 6.13. The van der Waals surface area contributed by atoms with Crippen LogP contribution in [0.2, 0.25) is 0 Å². The predicted molar refractivity (Wildman–Crippen MR) is 84.4 cm³/mol. The Balaban J connectivity index is 1.96. The molecule has 0 unspecified atom stereocenters. The number of nitrogens with two attached hydrogens (primary N) is 1. The Bertz CT molecular complexity index is 595. The van der Waals surface area contributed by atoms with Crippen LogP contribution in [-0.4, -0.2) is 6.54 Å². The van der Waals surface area contributed by atoms with E-state index >= 15 is 0 Å². The lowest BCUT2D eigenvalue weighted by molar-refractivity contribution is 0.767. The number of nitrogen functional groups attached to an aromatic ring is 1. The average Bonchev–Trinajstić information content (AvgIpc) is 2.63. The Morgan fingerprint density at radius 1 is 1.05 bits per heavy atom. The van der Waals surface area contributed by atoms with Gasteiger partial charge in [-0.1, -0.05) is 40.2 Å². The zero-order valence-electron chi connectivity index (χ0n) is 10.8. The molecule has 1 aliphatic rings. The molecule has 2 aromatic carbocycles. The van der Waals surface area contributed by atoms with E-state index in [1.54, 1.807) is 0 Å². The lowest BCUT2D eigenvalue weighted by atomic mass is 10.0. The van der Waals surface area contributed by atoms with Crippen molar-refractivity contribution in [1.29, 1.82) is 0 Å². The van der Waals surface area contributed by atoms with Gasteiger partial charge in [-0.05, 0) is 42.2 Å². The maximum absolute atomic E-state index is 6.13. The standard InChI is InChI=1S/C16H17BrN2/c17-14-7-8-15(18)16(10-14)19-9-3-6-12-4-1-2-5-13(12)11-19/h1-2,4-5,7-8,10H,3,6,9,11,18H2. The summed E-state index contributed by atoms with van der Waals surface area (Å²) in [7, 11) is 0. The van der Waals surface area contributed by atoms with Crippen LogP contribution in [0.5, 0.6) is 0 Å². The molecule has 0 aromatic heterocycles. The summed E-state index contributed by atoms with van der Waals surface area (Å²) in [5.74, 6) is 0. The quantitative estimate of drug-likeness (QED) is 0.806. The topological polar surface area (TPSA) is 29.3 Å². The number of hydrogen-bond acceptors (Lipinski definition) is 2. The van der Waals surface area contributed by atoms with Crippen LogP contribution in [0.1, 0.15) is 17.5 Å². The largest absolute Gasteiger partial charge is 0.397 e. The Kier molecular flexibility index (Phi) is 3.47. The van der Waals surface area contributed by atoms with E-state index in [9.17, 15) is 0 Å². The Labute approximate surface area is 122 Å². The van der Waals surface area contributed by atoms with Crippen LogP contribution in [0.15, 0.2) is 46.9 Å². The zero-order chi connectivity index (χ0) is 13.2. The van der Waals surface area contributed by atoms with Gasteiger partial charge < -0.3 is 10.6 Å². The van der Waals surface area contributed by atoms with E-state index in [2.05, 4.69) is 51.2 Å². The summed E-state index contributed by atoms with van der Waals surface area (Å²) in [6.45, 7) is 1.99. The molecule has 19 heavy (non-hydrogen) atoms. The number of aryl methyl sites for hydroxylation is 1. The average molecular weight is 317 g/mol. The van der Waals surface area contributed by atoms with Gasteiger partial charge >= 0.3 is 0 Å². The number of anilines is 2. The molecule has 0 fully saturated rings. The monoisotopic (exact) mass is 316 g/mol. The molecule has 98 valence electrons. The number of nitrogens with zero attached hydrogens (tertiary/aromatic N) is 1. The highest BCUT2D eigenvalue weighted by atomic mass is 79.9. The van der Waals surface area contributed by atoms with Gasteiger partial charge in [0.25, 0.3) is 0 Å². The molecule has 3 rings (SSSR count). The van der Waals surface area contributed by atoms with E-state index in [0.717, 1.165) is 35.4 Å². The molecule has 0 atom stereocenters. The molecule has 2 aromatic rings. The second-order valence-electron chi connectivity index (χ2n) is 5.00. The van der Waals surface area contributed by atoms with Crippen molar-refractivity contribution in [3.8, 4) is 0 Å². The second kappa shape index (κ2) is 5.25. The molecule has 2 nitrogen and oxygen atoms in total. The summed E-state index contributed by atoms with van der Waals surface area (Å²) in [6, 6.07) is 14.8. The Morgan fingerprint density at radius 2 is 1.84 bits per heavy atom. The highest BCUT2D eigenvalue weighted by Gasteiger charge is 2.16. The molecule has 0 aliphatic carbocycles. The van der Waals surface area contributed by atoms with Gasteiger partial charge in [-0.3, -0.25) is 0 Å². The summed E-state index contributed by atoms with van der Waals surface area (Å²) >= 11 is 3.53. The van der Waals surface area contributed by atoms with Crippen molar-refractivity contribution in [3.63, 3.8) is 0 Å². The van der Waals surface area contributed by atoms with Crippen molar-refractivity contribution in [2.75, 3.05) is 17.2 Å². The molecular formula is C16H17BrN2. The van der Waals surface area contributed by atoms with Gasteiger partial charge in [-0.2, -0.15) is 0 Å². The van der Waals surface area contributed by atoms with Gasteiger partial charge in [0.2, 0.25) is 0 Å². The van der Waals surface area contributed by atoms with Crippen LogP contribution in [0.3, 0.4) is 0 Å². The zero-order valence-corrected chi connectivity index (χ0v) is 12.4. The van der Waals surface area contributed by atoms with Crippen molar-refractivity contribution < 1.29 is 0 Å². The molecule has 0 radical (unpaired) electrons. The summed E-state index contributed by atoms with van der Waals surface area (Å²) in [5, 5.41) is 0. The minimum atomic E-state index is 0.850. The first-order valence-corrected chi connectivity index (χ1v) is 7.40. The SMILES string of the molecule is Nc1ccc(Br)cc1N1CCCc2ccccc2C1. The van der Waals surface area contributed by atoms with Crippen LogP contribution in [0.4, 0.5) is 11.4 Å². The lowest BCUT2D eigenvalue weighted by Gasteiger charge is -2.25. The third-order valence-electron chi connectivity index (χ3n) is 3.69. The first-order chi connectivity index (χ1) is 9.24. The maximum Gasteiger partial charge on any atom is 0.0614 e. The van der Waals surface area contributed by atoms with Crippen LogP contribution in [0.25, 0.3) is 0 Å². The molecule has 2 N–H and O–H groups in total. The van der Waals surface area contributed by atoms with Crippen molar-refractivity contribution in [1.82, 2.24) is 0 Å². The number of rotatable bonds is 1. The van der Waals surface area contributed by atoms with Crippen molar-refractivity contribution in [3.05, 3.63) is 58.1 Å². The number of hydrogen-bond donors (Lipinski definition) is 1. The number of halogens is 1. The number of benzene rings is 2. The minimum absolute atomic E-state index is 0.850. The van der Waals surface area contributed by atoms with E-state index < -0.39 is 0 Å². The van der Waals surface area contributed by atoms with Crippen molar-refractivity contribution >= 4 is 27.3 Å². The van der Waals surface area contributed by atoms with E-state index in [4.69, 9.17) is 5.73 Å². The minimum Gasteiger partial charge on any atom is -0.397 e. The molecule has 0 saturated heterocycles. The van der Waals surface area contributed by atoms with Gasteiger partial charge in [0.15, 0.2) is 0 Å². The molecular weight excluding hydrogens is 300 g/mol. The number of fused-ring (bicyclic) bond motifs is 1. The summed E-state index contributed by atoms with van der Waals surface area (Å²) in [6.07, 6.45) is 2.32. The van der Waals surface area contributed by atoms with E-state index in [0.29, 0.717) is 0 Å². The van der Waals surface area contributed by atoms with Crippen LogP contribution >= 0.6 is 15.9 Å². The third-order valence-corrected chi connectivity index (χ3v) is 4.18. The highest BCUT2D eigenvalue weighted by molar-refractivity contribution is 9.10. The van der Waals surface area contributed by atoms with Crippen molar-refractivity contribution in [2.45, 2.75) is 19.4 Å². The van der Waals surface area contributed by atoms with Gasteiger partial charge in [0.1, 0.15) is 0 Å². The highest BCUT2D eigenvalue weighted by Crippen LogP contribution is 2.30. The van der Waals surface area contributed by atoms with E-state index in [1.807, 2.05) is 12.1 Å². The molecule has 3 heteroatoms. The molecule has 1 aliphatic heterocycles. The fourth-order valence-electron chi connectivity index (χ4n) is 2.70. The molecule has 0 saturated carbocycles. The fraction of sp³-hybridized carbons (Fsp3) is 0.250. The lowest BCUT2D eigenvalue weighted by Crippen LogP contribution is -2.23. The van der Waals surface area contributed by atoms with Gasteiger partial charge in [0, 0.05) is 17.6 Å². The second-order valence-corrected chi connectivity index (χ2v) is 5.91. The summed E-state index contributed by atoms with van der Waals surface area (Å²) < 4.78 is 1.08. The first kappa shape index (κ1) is 12.5. The van der Waals surface area contributed by atoms with E-state index in [-0.39, 0.29) is 0 Å². The van der Waals surface area contributed by atoms with Gasteiger partial charge in [-0.25, -0.2) is 0 Å². The predicted octanol–water partition coefficient (Wildman–Crippen LogP) is 3.98. The summed E-state index contributed by atoms with van der Waals surface area (Å²) in [4.78, 5) is 2.38. The molecule has 0 amide bonds. The van der Waals surface area contributed by atoms with E-state index in [1.165, 1.54) is 17.5 Å². The third kappa shape index (κ3) is 2.61. The van der Waals surface area contributed by atoms with Crippen LogP contribution < -0.4 is 10.6 Å². The van der Waals surface area contributed by atoms with Gasteiger partial charge in [0.05, 0.1) is 11.4 Å². The fourth-order valence-corrected chi connectivity index (χ4v) is 3.05. The molecule has 1 heterocycles. The molecule has 0 bridgehead atoms. The summed E-state index contributed by atoms with van der Waals surface area (Å²) in [5.41, 5.74) is 11.0. The van der Waals surface area contributed by atoms with Crippen molar-refractivity contribution in [2.24, 2.45) is 0 Å². The first-order valence-electron chi connectivity index (χ1n) is 6.61. The van der Waals surface area contributed by atoms with Crippen LogP contribution in [-0.2, 0) is 13.0 Å². The van der Waals surface area contributed by atoms with Gasteiger partial charge in [-0.15, -0.1) is 0 Å². The normalized spacial score (nSPS) is 14.9. The Hall–Kier alpha value is -1.48. The van der Waals surface area contributed by atoms with Crippen LogP contribution in [0, 0.1) is 0 Å².